The van der Waals surface area contributed by atoms with Crippen LogP contribution in [0.3, 0.4) is 0 Å². The fourth-order valence-electron chi connectivity index (χ4n) is 0.188. The summed E-state index contributed by atoms with van der Waals surface area (Å²) in [7, 11) is 0. The Balaban J connectivity index is 3.55. The van der Waals surface area contributed by atoms with Gasteiger partial charge in [-0.2, -0.15) is 8.78 Å². The number of carboxylic acid groups (broad SMARTS) is 1. The van der Waals surface area contributed by atoms with Gasteiger partial charge < -0.3 is 5.11 Å². The van der Waals surface area contributed by atoms with Crippen molar-refractivity contribution >= 4 is 6.09 Å². The van der Waals surface area contributed by atoms with Crippen LogP contribution in [-0.4, -0.2) is 17.2 Å². The molecule has 3 nitrogen and oxygen atoms in total. The molecule has 0 aromatic carbocycles. The number of rotatable bonds is 1. The Labute approximate surface area is 44.3 Å². The number of alkyl halides is 2. The third-order valence-electron chi connectivity index (χ3n) is 0.326. The van der Waals surface area contributed by atoms with Crippen molar-refractivity contribution in [2.24, 2.45) is 0 Å². The largest absolute Gasteiger partial charge is 0.465 e. The molecule has 0 heterocycles. The highest BCUT2D eigenvalue weighted by Gasteiger charge is 2.22. The molecule has 0 bridgehead atoms. The first-order chi connectivity index (χ1) is 3.42. The summed E-state index contributed by atoms with van der Waals surface area (Å²) < 4.78 is 23.0. The summed E-state index contributed by atoms with van der Waals surface area (Å²) in [6, 6.07) is -3.33. The maximum Gasteiger partial charge on any atom is 0.409 e. The van der Waals surface area contributed by atoms with Gasteiger partial charge in [-0.1, -0.05) is 0 Å². The van der Waals surface area contributed by atoms with E-state index in [4.69, 9.17) is 5.11 Å². The minimum atomic E-state index is -3.33. The molecule has 0 aromatic heterocycles. The number of nitrogens with one attached hydrogen (secondary N) is 1. The predicted molar refractivity (Wildman–Crippen MR) is 21.8 cm³/mol. The molecule has 48 valence electrons. The van der Waals surface area contributed by atoms with Gasteiger partial charge in [-0.3, -0.25) is 5.32 Å². The second-order valence-corrected chi connectivity index (χ2v) is 1.32. The van der Waals surface area contributed by atoms with E-state index in [1.54, 1.807) is 0 Å². The van der Waals surface area contributed by atoms with Crippen LogP contribution >= 0.6 is 0 Å². The van der Waals surface area contributed by atoms with Crippen molar-refractivity contribution in [2.75, 3.05) is 0 Å². The van der Waals surface area contributed by atoms with Gasteiger partial charge in [0.2, 0.25) is 0 Å². The summed E-state index contributed by atoms with van der Waals surface area (Å²) >= 11 is 0. The number of hydrogen-bond acceptors (Lipinski definition) is 1. The van der Waals surface area contributed by atoms with Gasteiger partial charge >= 0.3 is 12.1 Å². The fourth-order valence-corrected chi connectivity index (χ4v) is 0.188. The van der Waals surface area contributed by atoms with Crippen molar-refractivity contribution in [1.82, 2.24) is 5.32 Å². The normalized spacial score (nSPS) is 10.9. The standard InChI is InChI=1S/C3H5F2NO2/c1-3(4,5)6-2(7)8/h6H,1H3,(H,7,8). The van der Waals surface area contributed by atoms with Crippen molar-refractivity contribution in [2.45, 2.75) is 13.0 Å². The summed E-state index contributed by atoms with van der Waals surface area (Å²) in [6.07, 6.45) is -1.72. The summed E-state index contributed by atoms with van der Waals surface area (Å²) in [4.78, 5) is 9.42. The summed E-state index contributed by atoms with van der Waals surface area (Å²) in [5.74, 6) is 0. The molecule has 0 atom stereocenters. The van der Waals surface area contributed by atoms with E-state index < -0.39 is 12.1 Å². The Bertz CT molecular complexity index is 97.9. The summed E-state index contributed by atoms with van der Waals surface area (Å²) in [5.41, 5.74) is 0. The van der Waals surface area contributed by atoms with E-state index in [1.807, 2.05) is 0 Å². The molecule has 0 saturated carbocycles. The molecular formula is C3H5F2NO2. The first-order valence-electron chi connectivity index (χ1n) is 1.81. The number of halogens is 2. The van der Waals surface area contributed by atoms with Crippen molar-refractivity contribution in [3.63, 3.8) is 0 Å². The predicted octanol–water partition coefficient (Wildman–Crippen LogP) is 0.867. The zero-order valence-electron chi connectivity index (χ0n) is 4.11. The van der Waals surface area contributed by atoms with Gasteiger partial charge in [0.1, 0.15) is 0 Å². The molecule has 0 aliphatic rings. The quantitative estimate of drug-likeness (QED) is 0.511. The molecule has 0 aliphatic carbocycles. The topological polar surface area (TPSA) is 49.3 Å². The Morgan fingerprint density at radius 1 is 1.75 bits per heavy atom. The number of amides is 1. The van der Waals surface area contributed by atoms with Gasteiger partial charge in [-0.25, -0.2) is 4.79 Å². The van der Waals surface area contributed by atoms with E-state index in [0.29, 0.717) is 6.92 Å². The zero-order chi connectivity index (χ0) is 6.78. The van der Waals surface area contributed by atoms with Gasteiger partial charge in [-0.15, -0.1) is 0 Å². The van der Waals surface area contributed by atoms with Gasteiger partial charge in [-0.05, 0) is 0 Å². The Morgan fingerprint density at radius 3 is 2.12 bits per heavy atom. The van der Waals surface area contributed by atoms with E-state index in [9.17, 15) is 13.6 Å². The van der Waals surface area contributed by atoms with Crippen LogP contribution in [0.2, 0.25) is 0 Å². The number of carbonyl (C=O) groups is 1. The first-order valence-corrected chi connectivity index (χ1v) is 1.81. The monoisotopic (exact) mass is 125 g/mol. The third-order valence-corrected chi connectivity index (χ3v) is 0.326. The lowest BCUT2D eigenvalue weighted by Gasteiger charge is -2.07. The Kier molecular flexibility index (Phi) is 1.72. The fraction of sp³-hybridized carbons (Fsp3) is 0.667. The van der Waals surface area contributed by atoms with E-state index >= 15 is 0 Å². The summed E-state index contributed by atoms with van der Waals surface area (Å²) in [5, 5.41) is 8.62. The zero-order valence-corrected chi connectivity index (χ0v) is 4.11. The van der Waals surface area contributed by atoms with E-state index in [-0.39, 0.29) is 0 Å². The Hall–Kier alpha value is -0.870. The van der Waals surface area contributed by atoms with Crippen LogP contribution in [0.5, 0.6) is 0 Å². The van der Waals surface area contributed by atoms with Crippen LogP contribution in [0.15, 0.2) is 0 Å². The molecule has 0 saturated heterocycles. The lowest BCUT2D eigenvalue weighted by atomic mass is 10.6. The first kappa shape index (κ1) is 7.13. The lowest BCUT2D eigenvalue weighted by Crippen LogP contribution is -2.36. The molecular weight excluding hydrogens is 120 g/mol. The number of hydrogen-bond donors (Lipinski definition) is 2. The highest BCUT2D eigenvalue weighted by Crippen LogP contribution is 2.04. The average molecular weight is 125 g/mol. The van der Waals surface area contributed by atoms with Crippen LogP contribution in [-0.2, 0) is 0 Å². The third kappa shape index (κ3) is 5.13. The molecule has 0 rings (SSSR count). The van der Waals surface area contributed by atoms with Gasteiger partial charge in [0, 0.05) is 6.92 Å². The van der Waals surface area contributed by atoms with Crippen molar-refractivity contribution in [3.05, 3.63) is 0 Å². The highest BCUT2D eigenvalue weighted by atomic mass is 19.3. The van der Waals surface area contributed by atoms with Crippen LogP contribution in [0.1, 0.15) is 6.92 Å². The SMILES string of the molecule is CC(F)(F)NC(=O)O. The molecule has 0 spiro atoms. The molecule has 0 aliphatic heterocycles. The molecule has 1 amide bonds. The summed E-state index contributed by atoms with van der Waals surface area (Å²) in [6.45, 7) is 0.459. The minimum Gasteiger partial charge on any atom is -0.465 e. The maximum atomic E-state index is 11.5. The smallest absolute Gasteiger partial charge is 0.409 e. The van der Waals surface area contributed by atoms with Gasteiger partial charge in [0.25, 0.3) is 0 Å². The van der Waals surface area contributed by atoms with Gasteiger partial charge in [0.15, 0.2) is 0 Å². The average Bonchev–Trinajstić information content (AvgIpc) is 1.21. The van der Waals surface area contributed by atoms with E-state index in [2.05, 4.69) is 0 Å². The van der Waals surface area contributed by atoms with Crippen LogP contribution in [0.25, 0.3) is 0 Å². The van der Waals surface area contributed by atoms with Crippen molar-refractivity contribution in [3.8, 4) is 0 Å². The van der Waals surface area contributed by atoms with Crippen LogP contribution in [0, 0.1) is 0 Å². The molecule has 0 unspecified atom stereocenters. The Morgan fingerprint density at radius 2 is 2.12 bits per heavy atom. The second-order valence-electron chi connectivity index (χ2n) is 1.32. The lowest BCUT2D eigenvalue weighted by molar-refractivity contribution is -0.00885. The molecule has 5 heteroatoms. The molecule has 0 aromatic rings. The van der Waals surface area contributed by atoms with E-state index in [0.717, 1.165) is 5.32 Å². The second kappa shape index (κ2) is 1.94. The molecule has 2 N–H and O–H groups in total. The van der Waals surface area contributed by atoms with Crippen molar-refractivity contribution in [1.29, 1.82) is 0 Å². The van der Waals surface area contributed by atoms with E-state index in [1.165, 1.54) is 0 Å². The van der Waals surface area contributed by atoms with Crippen molar-refractivity contribution < 1.29 is 18.7 Å². The maximum absolute atomic E-state index is 11.5. The molecule has 8 heavy (non-hydrogen) atoms. The van der Waals surface area contributed by atoms with Gasteiger partial charge in [0.05, 0.1) is 0 Å². The molecule has 0 fully saturated rings. The minimum absolute atomic E-state index is 0.459. The highest BCUT2D eigenvalue weighted by molar-refractivity contribution is 5.64. The van der Waals surface area contributed by atoms with Crippen LogP contribution < -0.4 is 5.32 Å². The molecule has 0 radical (unpaired) electrons. The van der Waals surface area contributed by atoms with Crippen LogP contribution in [0.4, 0.5) is 13.6 Å².